The van der Waals surface area contributed by atoms with Crippen molar-refractivity contribution >= 4 is 110 Å². The van der Waals surface area contributed by atoms with E-state index in [0.717, 1.165) is 98.4 Å². The maximum Gasteiger partial charge on any atom is 0.143 e. The molecule has 0 bridgehead atoms. The van der Waals surface area contributed by atoms with E-state index in [9.17, 15) is 8.22 Å². The summed E-state index contributed by atoms with van der Waals surface area (Å²) >= 11 is 0. The first kappa shape index (κ1) is 56.6. The number of pyridine rings is 2. The van der Waals surface area contributed by atoms with Crippen LogP contribution >= 0.6 is 0 Å². The molecule has 0 aliphatic carbocycles. The van der Waals surface area contributed by atoms with Crippen LogP contribution in [0.25, 0.3) is 155 Å². The van der Waals surface area contributed by atoms with Crippen LogP contribution in [0.1, 0.15) is 80.1 Å². The lowest BCUT2D eigenvalue weighted by Gasteiger charge is -2.12. The minimum Gasteiger partial charge on any atom is -0.455 e. The van der Waals surface area contributed by atoms with Crippen LogP contribution in [0.5, 0.6) is 0 Å². The fourth-order valence-corrected chi connectivity index (χ4v) is 15.0. The molecule has 0 aliphatic heterocycles. The molecule has 6 heteroatoms. The van der Waals surface area contributed by atoms with Crippen LogP contribution in [0.4, 0.5) is 11.4 Å². The molecule has 0 saturated heterocycles. The molecule has 0 fully saturated rings. The van der Waals surface area contributed by atoms with Gasteiger partial charge in [0.15, 0.2) is 0 Å². The van der Waals surface area contributed by atoms with Gasteiger partial charge in [0.1, 0.15) is 23.0 Å². The Morgan fingerprint density at radius 3 is 1.05 bits per heavy atom. The molecule has 0 aliphatic rings. The molecule has 528 valence electrons. The van der Waals surface area contributed by atoms with E-state index in [1.165, 1.54) is 0 Å². The van der Waals surface area contributed by atoms with Crippen LogP contribution in [-0.2, 0) is 0 Å². The van der Waals surface area contributed by atoms with Crippen molar-refractivity contribution in [1.82, 2.24) is 9.97 Å². The third-order valence-corrected chi connectivity index (χ3v) is 20.6. The van der Waals surface area contributed by atoms with E-state index in [4.69, 9.17) is 27.0 Å². The largest absolute Gasteiger partial charge is 0.455 e. The van der Waals surface area contributed by atoms with Gasteiger partial charge in [0.2, 0.25) is 0 Å². The number of fused-ring (bicyclic) bond motifs is 8. The van der Waals surface area contributed by atoms with E-state index in [1.54, 1.807) is 26.2 Å². The molecule has 4 heterocycles. The van der Waals surface area contributed by atoms with Crippen molar-refractivity contribution in [2.45, 2.75) is 55.3 Å². The van der Waals surface area contributed by atoms with Crippen molar-refractivity contribution in [3.8, 4) is 67.5 Å². The van der Waals surface area contributed by atoms with E-state index in [1.807, 2.05) is 232 Å². The Balaban J connectivity index is 0.000000173. The molecule has 0 unspecified atom stereocenters. The number of hydrogen-bond acceptors (Lipinski definition) is 6. The van der Waals surface area contributed by atoms with E-state index < -0.39 is 24.2 Å². The van der Waals surface area contributed by atoms with Gasteiger partial charge in [0.25, 0.3) is 0 Å². The number of benzene rings is 14. The summed E-state index contributed by atoms with van der Waals surface area (Å²) in [5.41, 5.74) is 13.7. The second-order valence-electron chi connectivity index (χ2n) is 27.3. The lowest BCUT2D eigenvalue weighted by Crippen LogP contribution is -2.30. The summed E-state index contributed by atoms with van der Waals surface area (Å²) in [5, 5.41) is 10.7. The van der Waals surface area contributed by atoms with Gasteiger partial charge in [-0.15, -0.1) is 0 Å². The van der Waals surface area contributed by atoms with Gasteiger partial charge in [-0.05, 0) is 188 Å². The number of nitrogens with zero attached hydrogens (tertiary/aromatic N) is 4. The van der Waals surface area contributed by atoms with Gasteiger partial charge in [-0.25, -0.2) is 0 Å². The summed E-state index contributed by atoms with van der Waals surface area (Å²) in [6.07, 6.45) is 3.42. The molecule has 4 aromatic heterocycles. The third-order valence-electron chi connectivity index (χ3n) is 20.6. The van der Waals surface area contributed by atoms with E-state index in [-0.39, 0.29) is 72.6 Å². The minimum absolute atomic E-state index is 0.132. The second kappa shape index (κ2) is 29.9. The van der Waals surface area contributed by atoms with Crippen molar-refractivity contribution in [2.75, 3.05) is 0 Å². The summed E-state index contributed by atoms with van der Waals surface area (Å²) in [4.78, 5) is 19.4. The quantitative estimate of drug-likeness (QED) is 0.0902. The summed E-state index contributed by atoms with van der Waals surface area (Å²) in [6, 6.07) is 88.8. The Morgan fingerprint density at radius 2 is 0.664 bits per heavy atom. The highest BCUT2D eigenvalue weighted by molar-refractivity contribution is 6.20. The molecule has 18 rings (SSSR count). The number of aliphatic imine (C=N–C) groups is 2. The van der Waals surface area contributed by atoms with Gasteiger partial charge < -0.3 is 8.83 Å². The van der Waals surface area contributed by atoms with E-state index in [0.29, 0.717) is 101 Å². The Bertz CT molecular complexity index is 7130. The van der Waals surface area contributed by atoms with Gasteiger partial charge in [-0.2, -0.15) is 0 Å². The highest BCUT2D eigenvalue weighted by Gasteiger charge is 2.30. The highest BCUT2D eigenvalue weighted by Crippen LogP contribution is 2.51. The summed E-state index contributed by atoms with van der Waals surface area (Å²) in [6.45, 7) is 5.98. The smallest absolute Gasteiger partial charge is 0.143 e. The molecule has 0 spiro atoms. The number of rotatable bonds is 12. The van der Waals surface area contributed by atoms with Gasteiger partial charge in [-0.3, -0.25) is 20.0 Å². The molecule has 110 heavy (non-hydrogen) atoms. The average Bonchev–Trinajstić information content (AvgIpc) is 1.54. The second-order valence-corrected chi connectivity index (χ2v) is 27.3. The van der Waals surface area contributed by atoms with Crippen molar-refractivity contribution in [2.24, 2.45) is 9.98 Å². The highest BCUT2D eigenvalue weighted by atomic mass is 16.3. The fourth-order valence-electron chi connectivity index (χ4n) is 15.0. The lowest BCUT2D eigenvalue weighted by atomic mass is 9.88. The maximum atomic E-state index is 9.60. The molecule has 0 N–H and O–H groups in total. The molecule has 0 amide bonds. The van der Waals surface area contributed by atoms with Gasteiger partial charge in [-0.1, -0.05) is 303 Å². The normalized spacial score (nSPS) is 14.5. The Hall–Kier alpha value is -13.7. The van der Waals surface area contributed by atoms with Crippen molar-refractivity contribution in [3.63, 3.8) is 0 Å². The maximum absolute atomic E-state index is 9.60. The van der Waals surface area contributed by atoms with Crippen LogP contribution in [0.2, 0.25) is 0 Å². The molecular formula is C104H80N4O2. The first-order valence-corrected chi connectivity index (χ1v) is 36.4. The molecule has 14 aromatic carbocycles. The summed E-state index contributed by atoms with van der Waals surface area (Å²) < 4.78 is 125. The zero-order valence-corrected chi connectivity index (χ0v) is 61.1. The van der Waals surface area contributed by atoms with Gasteiger partial charge >= 0.3 is 0 Å². The third kappa shape index (κ3) is 12.9. The summed E-state index contributed by atoms with van der Waals surface area (Å²) in [5.74, 6) is 2.05. The molecule has 18 aromatic rings. The number of furan rings is 2. The van der Waals surface area contributed by atoms with E-state index in [2.05, 4.69) is 70.6 Å². The number of aromatic nitrogens is 2. The Morgan fingerprint density at radius 1 is 0.327 bits per heavy atom. The van der Waals surface area contributed by atoms with Crippen LogP contribution in [-0.4, -0.2) is 21.4 Å². The van der Waals surface area contributed by atoms with Crippen LogP contribution in [0.15, 0.2) is 359 Å². The lowest BCUT2D eigenvalue weighted by molar-refractivity contribution is 0.597. The SMILES string of the molecule is [2H]C/C(C(C)=Nc1c(C)ccc2cccnc12)=c1/c([2H])c([2H])c([2H])c([2H])/c1=C(/C[2H])c1c(-c2ccccc2)oc(-c2cc3ccccc3c3ccccc23)c1-c1ccccc1.[2H]C/C(C(C)=Nc1c(C)ccc2cccnc12)=c1/c([2H])c([2H])c([2H])c([2H])/c1=C(/C[2H])c1c(-c2ccccc2)oc(-c2cc3ccccc3c3ccccc23)c1-c1ccccc1. The Kier molecular flexibility index (Phi) is 15.4. The molecule has 6 nitrogen and oxygen atoms in total. The summed E-state index contributed by atoms with van der Waals surface area (Å²) in [7, 11) is 0. The first-order chi connectivity index (χ1) is 59.4. The topological polar surface area (TPSA) is 76.8 Å². The zero-order chi connectivity index (χ0) is 84.7. The van der Waals surface area contributed by atoms with Crippen molar-refractivity contribution < 1.29 is 25.3 Å². The van der Waals surface area contributed by atoms with Crippen molar-refractivity contribution in [3.05, 3.63) is 383 Å². The van der Waals surface area contributed by atoms with Gasteiger partial charge in [0, 0.05) is 84.6 Å². The number of aryl methyl sites for hydroxylation is 2. The fraction of sp³-hybridized carbons (Fsp3) is 0.0769. The standard InChI is InChI=1S/2C52H40N2O/c2*1-33-29-30-38-23-17-31-53-50(38)49(33)54-36(4)34(2)41-24-13-14-25-42(41)35(3)47-48(37-18-7-5-8-19-37)52(55-51(47)39-20-9-6-10-21-39)46-32-40-22-11-12-26-43(40)44-27-15-16-28-45(44)46/h2*5-32H,1-4H3/b2*41-34+,42-35+,54-36?/i2*2D,3D,13D,14D,24D,25D. The predicted molar refractivity (Wildman–Crippen MR) is 464 cm³/mol. The molecule has 0 atom stereocenters. The molecule has 0 radical (unpaired) electrons. The zero-order valence-electron chi connectivity index (χ0n) is 73.1. The minimum atomic E-state index is -0.436. The van der Waals surface area contributed by atoms with Crippen LogP contribution in [0, 0.1) is 13.8 Å². The van der Waals surface area contributed by atoms with Crippen molar-refractivity contribution in [1.29, 1.82) is 0 Å². The Labute approximate surface area is 657 Å². The first-order valence-electron chi connectivity index (χ1n) is 43.3. The monoisotopic (exact) mass is 1430 g/mol. The number of hydrogen-bond donors (Lipinski definition) is 0. The average molecular weight is 1430 g/mol. The predicted octanol–water partition coefficient (Wildman–Crippen LogP) is 25.3. The van der Waals surface area contributed by atoms with Crippen LogP contribution < -0.4 is 20.9 Å². The van der Waals surface area contributed by atoms with Crippen LogP contribution in [0.3, 0.4) is 0 Å². The van der Waals surface area contributed by atoms with E-state index >= 15 is 0 Å². The molecule has 0 saturated carbocycles. The van der Waals surface area contributed by atoms with Gasteiger partial charge in [0.05, 0.1) is 33.4 Å². The molecular weight excluding hydrogens is 1340 g/mol.